The second-order valence-electron chi connectivity index (χ2n) is 5.29. The Labute approximate surface area is 113 Å². The van der Waals surface area contributed by atoms with E-state index < -0.39 is 11.5 Å². The fraction of sp³-hybridized carbons (Fsp3) is 0.533. The van der Waals surface area contributed by atoms with Crippen molar-refractivity contribution in [3.05, 3.63) is 35.6 Å². The SMILES string of the molecule is CC(C(=O)O)(c1ccc(F)cc1)N1CCCCCC1. The summed E-state index contributed by atoms with van der Waals surface area (Å²) >= 11 is 0. The zero-order valence-corrected chi connectivity index (χ0v) is 11.2. The number of carbonyl (C=O) groups is 1. The Morgan fingerprint density at radius 2 is 1.68 bits per heavy atom. The van der Waals surface area contributed by atoms with Gasteiger partial charge in [0.2, 0.25) is 0 Å². The van der Waals surface area contributed by atoms with Crippen LogP contribution in [-0.4, -0.2) is 29.1 Å². The molecule has 1 aliphatic rings. The molecule has 2 rings (SSSR count). The van der Waals surface area contributed by atoms with Crippen LogP contribution >= 0.6 is 0 Å². The van der Waals surface area contributed by atoms with Crippen molar-refractivity contribution in [2.45, 2.75) is 38.1 Å². The molecule has 3 nitrogen and oxygen atoms in total. The Balaban J connectivity index is 2.35. The largest absolute Gasteiger partial charge is 0.480 e. The first-order valence-corrected chi connectivity index (χ1v) is 6.79. The molecule has 0 aliphatic carbocycles. The zero-order valence-electron chi connectivity index (χ0n) is 11.2. The minimum absolute atomic E-state index is 0.340. The third kappa shape index (κ3) is 2.78. The predicted molar refractivity (Wildman–Crippen MR) is 71.4 cm³/mol. The molecule has 1 N–H and O–H groups in total. The summed E-state index contributed by atoms with van der Waals surface area (Å²) in [6.07, 6.45) is 4.33. The van der Waals surface area contributed by atoms with E-state index in [9.17, 15) is 14.3 Å². The quantitative estimate of drug-likeness (QED) is 0.913. The summed E-state index contributed by atoms with van der Waals surface area (Å²) in [7, 11) is 0. The van der Waals surface area contributed by atoms with Gasteiger partial charge in [-0.2, -0.15) is 0 Å². The normalized spacial score (nSPS) is 20.5. The van der Waals surface area contributed by atoms with Crippen molar-refractivity contribution in [1.29, 1.82) is 0 Å². The number of likely N-dealkylation sites (tertiary alicyclic amines) is 1. The number of hydrogen-bond donors (Lipinski definition) is 1. The van der Waals surface area contributed by atoms with Crippen molar-refractivity contribution in [2.75, 3.05) is 13.1 Å². The van der Waals surface area contributed by atoms with Gasteiger partial charge in [0, 0.05) is 0 Å². The summed E-state index contributed by atoms with van der Waals surface area (Å²) in [4.78, 5) is 13.8. The molecule has 19 heavy (non-hydrogen) atoms. The van der Waals surface area contributed by atoms with Crippen molar-refractivity contribution >= 4 is 5.97 Å². The molecule has 1 unspecified atom stereocenters. The topological polar surface area (TPSA) is 40.5 Å². The van der Waals surface area contributed by atoms with Gasteiger partial charge >= 0.3 is 5.97 Å². The van der Waals surface area contributed by atoms with Gasteiger partial charge in [0.15, 0.2) is 0 Å². The lowest BCUT2D eigenvalue weighted by Gasteiger charge is -2.37. The highest BCUT2D eigenvalue weighted by molar-refractivity contribution is 5.80. The molecule has 0 amide bonds. The van der Waals surface area contributed by atoms with E-state index in [1.54, 1.807) is 19.1 Å². The molecule has 1 heterocycles. The van der Waals surface area contributed by atoms with E-state index in [2.05, 4.69) is 0 Å². The fourth-order valence-corrected chi connectivity index (χ4v) is 2.73. The molecule has 0 bridgehead atoms. The Kier molecular flexibility index (Phi) is 4.20. The Hall–Kier alpha value is -1.42. The van der Waals surface area contributed by atoms with Crippen LogP contribution in [0.3, 0.4) is 0 Å². The van der Waals surface area contributed by atoms with Gasteiger partial charge in [0.05, 0.1) is 0 Å². The lowest BCUT2D eigenvalue weighted by Crippen LogP contribution is -2.50. The van der Waals surface area contributed by atoms with Crippen LogP contribution in [0.15, 0.2) is 24.3 Å². The third-order valence-electron chi connectivity index (χ3n) is 4.06. The van der Waals surface area contributed by atoms with Crippen LogP contribution in [0.1, 0.15) is 38.2 Å². The number of aliphatic carboxylic acids is 1. The maximum atomic E-state index is 13.0. The molecule has 0 aromatic heterocycles. The Bertz CT molecular complexity index is 438. The van der Waals surface area contributed by atoms with Crippen LogP contribution in [0.25, 0.3) is 0 Å². The van der Waals surface area contributed by atoms with Crippen LogP contribution in [0.2, 0.25) is 0 Å². The summed E-state index contributed by atoms with van der Waals surface area (Å²) in [5.74, 6) is -1.21. The minimum Gasteiger partial charge on any atom is -0.480 e. The van der Waals surface area contributed by atoms with Crippen LogP contribution < -0.4 is 0 Å². The highest BCUT2D eigenvalue weighted by Gasteiger charge is 2.41. The van der Waals surface area contributed by atoms with Crippen LogP contribution in [0, 0.1) is 5.82 Å². The number of nitrogens with zero attached hydrogens (tertiary/aromatic N) is 1. The molecule has 0 spiro atoms. The smallest absolute Gasteiger partial charge is 0.328 e. The van der Waals surface area contributed by atoms with E-state index in [1.807, 2.05) is 4.90 Å². The minimum atomic E-state index is -1.07. The fourth-order valence-electron chi connectivity index (χ4n) is 2.73. The van der Waals surface area contributed by atoms with Crippen molar-refractivity contribution in [3.63, 3.8) is 0 Å². The third-order valence-corrected chi connectivity index (χ3v) is 4.06. The molecule has 1 fully saturated rings. The van der Waals surface area contributed by atoms with Crippen LogP contribution in [0.5, 0.6) is 0 Å². The monoisotopic (exact) mass is 265 g/mol. The molecule has 0 saturated carbocycles. The summed E-state index contributed by atoms with van der Waals surface area (Å²) in [5.41, 5.74) is -0.429. The van der Waals surface area contributed by atoms with Gasteiger partial charge in [-0.1, -0.05) is 25.0 Å². The van der Waals surface area contributed by atoms with E-state index in [1.165, 1.54) is 12.1 Å². The molecule has 1 atom stereocenters. The van der Waals surface area contributed by atoms with E-state index >= 15 is 0 Å². The van der Waals surface area contributed by atoms with Crippen molar-refractivity contribution in [2.24, 2.45) is 0 Å². The Morgan fingerprint density at radius 3 is 2.16 bits per heavy atom. The summed E-state index contributed by atoms with van der Waals surface area (Å²) in [6.45, 7) is 3.27. The number of hydrogen-bond acceptors (Lipinski definition) is 2. The van der Waals surface area contributed by atoms with E-state index in [0.29, 0.717) is 5.56 Å². The molecule has 104 valence electrons. The number of rotatable bonds is 3. The first kappa shape index (κ1) is 14.0. The number of benzene rings is 1. The average molecular weight is 265 g/mol. The van der Waals surface area contributed by atoms with Gasteiger partial charge in [-0.15, -0.1) is 0 Å². The lowest BCUT2D eigenvalue weighted by atomic mass is 9.89. The molecular formula is C15H20FNO2. The maximum absolute atomic E-state index is 13.0. The predicted octanol–water partition coefficient (Wildman–Crippen LogP) is 3.00. The first-order valence-electron chi connectivity index (χ1n) is 6.79. The molecule has 1 saturated heterocycles. The summed E-state index contributed by atoms with van der Waals surface area (Å²) < 4.78 is 13.0. The van der Waals surface area contributed by atoms with E-state index in [0.717, 1.165) is 38.8 Å². The average Bonchev–Trinajstić information content (AvgIpc) is 2.67. The molecule has 4 heteroatoms. The summed E-state index contributed by atoms with van der Waals surface area (Å²) in [5, 5.41) is 9.66. The number of carboxylic acid groups (broad SMARTS) is 1. The molecule has 1 aromatic rings. The van der Waals surface area contributed by atoms with Gasteiger partial charge in [0.25, 0.3) is 0 Å². The molecule has 1 aromatic carbocycles. The van der Waals surface area contributed by atoms with Gasteiger partial charge in [-0.05, 0) is 50.6 Å². The van der Waals surface area contributed by atoms with Gasteiger partial charge in [-0.3, -0.25) is 4.90 Å². The first-order chi connectivity index (χ1) is 9.05. The van der Waals surface area contributed by atoms with Crippen molar-refractivity contribution in [3.8, 4) is 0 Å². The highest BCUT2D eigenvalue weighted by Crippen LogP contribution is 2.31. The van der Waals surface area contributed by atoms with Crippen molar-refractivity contribution < 1.29 is 14.3 Å². The molecule has 1 aliphatic heterocycles. The maximum Gasteiger partial charge on any atom is 0.328 e. The number of halogens is 1. The highest BCUT2D eigenvalue weighted by atomic mass is 19.1. The van der Waals surface area contributed by atoms with Gasteiger partial charge in [-0.25, -0.2) is 9.18 Å². The second-order valence-corrected chi connectivity index (χ2v) is 5.29. The lowest BCUT2D eigenvalue weighted by molar-refractivity contribution is -0.151. The standard InChI is InChI=1S/C15H20FNO2/c1-15(14(18)19,12-6-8-13(16)9-7-12)17-10-4-2-3-5-11-17/h6-9H,2-5,10-11H2,1H3,(H,18,19). The second kappa shape index (κ2) is 5.70. The Morgan fingerprint density at radius 1 is 1.16 bits per heavy atom. The molecular weight excluding hydrogens is 245 g/mol. The van der Waals surface area contributed by atoms with Crippen molar-refractivity contribution in [1.82, 2.24) is 4.90 Å². The van der Waals surface area contributed by atoms with Gasteiger partial charge in [0.1, 0.15) is 11.4 Å². The zero-order chi connectivity index (χ0) is 13.9. The van der Waals surface area contributed by atoms with Crippen LogP contribution in [0.4, 0.5) is 4.39 Å². The summed E-state index contributed by atoms with van der Waals surface area (Å²) in [6, 6.07) is 5.81. The molecule has 0 radical (unpaired) electrons. The van der Waals surface area contributed by atoms with E-state index in [4.69, 9.17) is 0 Å². The number of carboxylic acids is 1. The van der Waals surface area contributed by atoms with E-state index in [-0.39, 0.29) is 5.82 Å². The van der Waals surface area contributed by atoms with Gasteiger partial charge < -0.3 is 5.11 Å². The van der Waals surface area contributed by atoms with Crippen LogP contribution in [-0.2, 0) is 10.3 Å².